The summed E-state index contributed by atoms with van der Waals surface area (Å²) in [4.78, 5) is 25.2. The maximum absolute atomic E-state index is 12.4. The molecule has 1 aliphatic heterocycles. The number of fused-ring (bicyclic) bond motifs is 1. The molecule has 1 unspecified atom stereocenters. The fourth-order valence-corrected chi connectivity index (χ4v) is 2.62. The molecular formula is C15H20N2O3. The molecule has 0 saturated heterocycles. The summed E-state index contributed by atoms with van der Waals surface area (Å²) in [6.07, 6.45) is 1.72. The van der Waals surface area contributed by atoms with E-state index in [0.717, 1.165) is 17.5 Å². The zero-order chi connectivity index (χ0) is 14.7. The highest BCUT2D eigenvalue weighted by Gasteiger charge is 2.36. The number of aliphatic carboxylic acids is 1. The second-order valence-electron chi connectivity index (χ2n) is 5.19. The smallest absolute Gasteiger partial charge is 0.326 e. The summed E-state index contributed by atoms with van der Waals surface area (Å²) in [5.41, 5.74) is 7.85. The van der Waals surface area contributed by atoms with E-state index in [1.165, 1.54) is 4.90 Å². The van der Waals surface area contributed by atoms with Crippen molar-refractivity contribution in [1.29, 1.82) is 0 Å². The summed E-state index contributed by atoms with van der Waals surface area (Å²) in [6, 6.07) is 6.19. The third-order valence-corrected chi connectivity index (χ3v) is 3.73. The Morgan fingerprint density at radius 3 is 2.65 bits per heavy atom. The van der Waals surface area contributed by atoms with E-state index in [2.05, 4.69) is 0 Å². The van der Waals surface area contributed by atoms with Crippen molar-refractivity contribution in [2.45, 2.75) is 44.8 Å². The van der Waals surface area contributed by atoms with E-state index in [9.17, 15) is 14.7 Å². The van der Waals surface area contributed by atoms with E-state index >= 15 is 0 Å². The van der Waals surface area contributed by atoms with Crippen molar-refractivity contribution in [3.8, 4) is 0 Å². The first-order valence-electron chi connectivity index (χ1n) is 6.90. The quantitative estimate of drug-likeness (QED) is 0.864. The Kier molecular flexibility index (Phi) is 4.39. The van der Waals surface area contributed by atoms with Gasteiger partial charge in [-0.2, -0.15) is 0 Å². The van der Waals surface area contributed by atoms with Crippen molar-refractivity contribution in [3.05, 3.63) is 35.4 Å². The number of carboxylic acids is 1. The number of hydrogen-bond donors (Lipinski definition) is 2. The zero-order valence-electron chi connectivity index (χ0n) is 11.6. The van der Waals surface area contributed by atoms with Gasteiger partial charge in [0.15, 0.2) is 0 Å². The first-order chi connectivity index (χ1) is 9.54. The van der Waals surface area contributed by atoms with Crippen molar-refractivity contribution < 1.29 is 14.7 Å². The van der Waals surface area contributed by atoms with Crippen LogP contribution in [-0.4, -0.2) is 34.0 Å². The van der Waals surface area contributed by atoms with Crippen LogP contribution < -0.4 is 5.73 Å². The minimum absolute atomic E-state index is 0.270. The molecule has 1 heterocycles. The predicted molar refractivity (Wildman–Crippen MR) is 75.0 cm³/mol. The standard InChI is InChI=1S/C15H20N2O3/c1-2-5-12(16)14(18)17-9-11-7-4-3-6-10(11)8-13(17)15(19)20/h3-4,6-7,12-13H,2,5,8-9,16H2,1H3,(H,19,20)/t12?,13-/m1/s1. The molecule has 0 aliphatic carbocycles. The first kappa shape index (κ1) is 14.5. The second kappa shape index (κ2) is 6.05. The van der Waals surface area contributed by atoms with E-state index in [0.29, 0.717) is 19.4 Å². The molecule has 5 nitrogen and oxygen atoms in total. The second-order valence-corrected chi connectivity index (χ2v) is 5.19. The Balaban J connectivity index is 2.26. The van der Waals surface area contributed by atoms with Crippen molar-refractivity contribution in [2.75, 3.05) is 0 Å². The van der Waals surface area contributed by atoms with Gasteiger partial charge in [0.2, 0.25) is 5.91 Å². The van der Waals surface area contributed by atoms with Crippen LogP contribution >= 0.6 is 0 Å². The maximum atomic E-state index is 12.4. The molecule has 1 amide bonds. The van der Waals surface area contributed by atoms with Gasteiger partial charge in [-0.3, -0.25) is 4.79 Å². The highest BCUT2D eigenvalue weighted by Crippen LogP contribution is 2.24. The van der Waals surface area contributed by atoms with Gasteiger partial charge in [0.1, 0.15) is 6.04 Å². The van der Waals surface area contributed by atoms with E-state index in [1.54, 1.807) is 0 Å². The van der Waals surface area contributed by atoms with Gasteiger partial charge in [-0.05, 0) is 17.5 Å². The van der Waals surface area contributed by atoms with Crippen LogP contribution in [0.4, 0.5) is 0 Å². The number of nitrogens with two attached hydrogens (primary N) is 1. The summed E-state index contributed by atoms with van der Waals surface area (Å²) in [6.45, 7) is 2.27. The zero-order valence-corrected chi connectivity index (χ0v) is 11.6. The minimum atomic E-state index is -0.975. The van der Waals surface area contributed by atoms with Crippen molar-refractivity contribution >= 4 is 11.9 Å². The van der Waals surface area contributed by atoms with Crippen LogP contribution in [0.15, 0.2) is 24.3 Å². The molecule has 5 heteroatoms. The summed E-state index contributed by atoms with van der Waals surface area (Å²) in [5.74, 6) is -1.25. The van der Waals surface area contributed by atoms with Gasteiger partial charge < -0.3 is 15.7 Å². The number of rotatable bonds is 4. The molecule has 0 fully saturated rings. The fraction of sp³-hybridized carbons (Fsp3) is 0.467. The van der Waals surface area contributed by atoms with Gasteiger partial charge in [0, 0.05) is 13.0 Å². The molecular weight excluding hydrogens is 256 g/mol. The molecule has 0 aromatic heterocycles. The highest BCUT2D eigenvalue weighted by molar-refractivity contribution is 5.87. The first-order valence-corrected chi connectivity index (χ1v) is 6.90. The lowest BCUT2D eigenvalue weighted by Gasteiger charge is -2.35. The lowest BCUT2D eigenvalue weighted by atomic mass is 9.93. The van der Waals surface area contributed by atoms with E-state index < -0.39 is 18.1 Å². The molecule has 0 saturated carbocycles. The number of carbonyl (C=O) groups excluding carboxylic acids is 1. The lowest BCUT2D eigenvalue weighted by Crippen LogP contribution is -2.53. The van der Waals surface area contributed by atoms with Gasteiger partial charge in [-0.15, -0.1) is 0 Å². The molecule has 0 bridgehead atoms. The monoisotopic (exact) mass is 276 g/mol. The van der Waals surface area contributed by atoms with Crippen LogP contribution in [0, 0.1) is 0 Å². The van der Waals surface area contributed by atoms with Gasteiger partial charge in [0.25, 0.3) is 0 Å². The van der Waals surface area contributed by atoms with Crippen LogP contribution in [-0.2, 0) is 22.6 Å². The van der Waals surface area contributed by atoms with Gasteiger partial charge in [-0.1, -0.05) is 37.6 Å². The van der Waals surface area contributed by atoms with Crippen molar-refractivity contribution in [2.24, 2.45) is 5.73 Å². The van der Waals surface area contributed by atoms with Crippen LogP contribution in [0.2, 0.25) is 0 Å². The maximum Gasteiger partial charge on any atom is 0.326 e. The molecule has 3 N–H and O–H groups in total. The summed E-state index contributed by atoms with van der Waals surface area (Å²) >= 11 is 0. The SMILES string of the molecule is CCCC(N)C(=O)N1Cc2ccccc2C[C@@H]1C(=O)O. The third-order valence-electron chi connectivity index (χ3n) is 3.73. The average Bonchev–Trinajstić information content (AvgIpc) is 2.45. The number of amides is 1. The molecule has 2 rings (SSSR count). The number of hydrogen-bond acceptors (Lipinski definition) is 3. The van der Waals surface area contributed by atoms with E-state index in [1.807, 2.05) is 31.2 Å². The Morgan fingerprint density at radius 1 is 1.40 bits per heavy atom. The Hall–Kier alpha value is -1.88. The van der Waals surface area contributed by atoms with Crippen LogP contribution in [0.25, 0.3) is 0 Å². The van der Waals surface area contributed by atoms with Gasteiger partial charge in [0.05, 0.1) is 6.04 Å². The number of carboxylic acid groups (broad SMARTS) is 1. The van der Waals surface area contributed by atoms with Gasteiger partial charge in [-0.25, -0.2) is 4.79 Å². The number of carbonyl (C=O) groups is 2. The number of nitrogens with zero attached hydrogens (tertiary/aromatic N) is 1. The Bertz CT molecular complexity index is 516. The molecule has 0 spiro atoms. The average molecular weight is 276 g/mol. The summed E-state index contributed by atoms with van der Waals surface area (Å²) in [7, 11) is 0. The fourth-order valence-electron chi connectivity index (χ4n) is 2.62. The number of benzene rings is 1. The summed E-state index contributed by atoms with van der Waals surface area (Å²) in [5, 5.41) is 9.36. The third kappa shape index (κ3) is 2.82. The summed E-state index contributed by atoms with van der Waals surface area (Å²) < 4.78 is 0. The van der Waals surface area contributed by atoms with Crippen molar-refractivity contribution in [3.63, 3.8) is 0 Å². The lowest BCUT2D eigenvalue weighted by molar-refractivity contribution is -0.152. The van der Waals surface area contributed by atoms with E-state index in [-0.39, 0.29) is 5.91 Å². The highest BCUT2D eigenvalue weighted by atomic mass is 16.4. The predicted octanol–water partition coefficient (Wildman–Crippen LogP) is 1.15. The van der Waals surface area contributed by atoms with Crippen molar-refractivity contribution in [1.82, 2.24) is 4.90 Å². The molecule has 20 heavy (non-hydrogen) atoms. The van der Waals surface area contributed by atoms with Crippen LogP contribution in [0.1, 0.15) is 30.9 Å². The Labute approximate surface area is 118 Å². The normalized spacial score (nSPS) is 19.3. The molecule has 108 valence electrons. The molecule has 1 aliphatic rings. The Morgan fingerprint density at radius 2 is 2.05 bits per heavy atom. The van der Waals surface area contributed by atoms with E-state index in [4.69, 9.17) is 5.73 Å². The van der Waals surface area contributed by atoms with Crippen LogP contribution in [0.3, 0.4) is 0 Å². The largest absolute Gasteiger partial charge is 0.480 e. The minimum Gasteiger partial charge on any atom is -0.480 e. The topological polar surface area (TPSA) is 83.6 Å². The van der Waals surface area contributed by atoms with Gasteiger partial charge >= 0.3 is 5.97 Å². The molecule has 0 radical (unpaired) electrons. The molecule has 1 aromatic rings. The molecule has 2 atom stereocenters. The van der Waals surface area contributed by atoms with Crippen LogP contribution in [0.5, 0.6) is 0 Å². The molecule has 1 aromatic carbocycles.